The van der Waals surface area contributed by atoms with E-state index in [0.717, 1.165) is 47.5 Å². The Morgan fingerprint density at radius 3 is 2.62 bits per heavy atom. The van der Waals surface area contributed by atoms with Crippen LogP contribution in [0.5, 0.6) is 5.75 Å². The zero-order chi connectivity index (χ0) is 19.6. The van der Waals surface area contributed by atoms with Gasteiger partial charge in [0.25, 0.3) is 0 Å². The highest BCUT2D eigenvalue weighted by Crippen LogP contribution is 2.29. The van der Waals surface area contributed by atoms with E-state index in [0.29, 0.717) is 0 Å². The average molecular weight is 392 g/mol. The first-order valence-corrected chi connectivity index (χ1v) is 10.8. The quantitative estimate of drug-likeness (QED) is 0.676. The van der Waals surface area contributed by atoms with Crippen LogP contribution in [0, 0.1) is 0 Å². The molecule has 5 rings (SSSR count). The van der Waals surface area contributed by atoms with Gasteiger partial charge in [0.05, 0.1) is 12.8 Å². The number of piperidine rings is 2. The monoisotopic (exact) mass is 391 g/mol. The predicted molar refractivity (Wildman–Crippen MR) is 116 cm³/mol. The van der Waals surface area contributed by atoms with Gasteiger partial charge in [-0.1, -0.05) is 18.6 Å². The molecule has 0 spiro atoms. The molecule has 0 unspecified atom stereocenters. The fourth-order valence-corrected chi connectivity index (χ4v) is 4.80. The van der Waals surface area contributed by atoms with Crippen molar-refractivity contribution in [2.75, 3.05) is 38.2 Å². The lowest BCUT2D eigenvalue weighted by atomic mass is 10.00. The second kappa shape index (κ2) is 8.03. The lowest BCUT2D eigenvalue weighted by Crippen LogP contribution is -2.47. The van der Waals surface area contributed by atoms with Crippen LogP contribution in [0.4, 0.5) is 5.82 Å². The van der Waals surface area contributed by atoms with Crippen LogP contribution >= 0.6 is 0 Å². The molecule has 3 aromatic rings. The van der Waals surface area contributed by atoms with E-state index in [4.69, 9.17) is 14.8 Å². The summed E-state index contributed by atoms with van der Waals surface area (Å²) < 4.78 is 7.32. The first-order valence-electron chi connectivity index (χ1n) is 10.8. The fourth-order valence-electron chi connectivity index (χ4n) is 4.80. The van der Waals surface area contributed by atoms with E-state index in [1.807, 2.05) is 35.1 Å². The van der Waals surface area contributed by atoms with E-state index in [2.05, 4.69) is 21.9 Å². The summed E-state index contributed by atoms with van der Waals surface area (Å²) in [6, 6.07) is 10.9. The van der Waals surface area contributed by atoms with Crippen molar-refractivity contribution in [1.82, 2.24) is 19.5 Å². The number of hydrogen-bond donors (Lipinski definition) is 0. The van der Waals surface area contributed by atoms with Crippen LogP contribution in [0.3, 0.4) is 0 Å². The summed E-state index contributed by atoms with van der Waals surface area (Å²) >= 11 is 0. The molecule has 6 nitrogen and oxygen atoms in total. The molecule has 2 aliphatic rings. The second-order valence-corrected chi connectivity index (χ2v) is 8.16. The number of methoxy groups -OCH3 is 1. The summed E-state index contributed by atoms with van der Waals surface area (Å²) in [7, 11) is 1.69. The van der Waals surface area contributed by atoms with Gasteiger partial charge < -0.3 is 14.5 Å². The molecule has 152 valence electrons. The van der Waals surface area contributed by atoms with Gasteiger partial charge in [0.2, 0.25) is 0 Å². The third kappa shape index (κ3) is 3.69. The molecule has 1 aromatic carbocycles. The smallest absolute Gasteiger partial charge is 0.154 e. The molecule has 0 bridgehead atoms. The van der Waals surface area contributed by atoms with E-state index >= 15 is 0 Å². The molecule has 0 saturated carbocycles. The minimum atomic E-state index is 0.739. The summed E-state index contributed by atoms with van der Waals surface area (Å²) in [5.41, 5.74) is 3.07. The Morgan fingerprint density at radius 1 is 1.00 bits per heavy atom. The van der Waals surface area contributed by atoms with Gasteiger partial charge in [-0.25, -0.2) is 9.50 Å². The Hall–Kier alpha value is -2.60. The maximum atomic E-state index is 5.37. The second-order valence-electron chi connectivity index (χ2n) is 8.16. The van der Waals surface area contributed by atoms with Crippen molar-refractivity contribution >= 4 is 11.3 Å². The Morgan fingerprint density at radius 2 is 1.83 bits per heavy atom. The number of likely N-dealkylation sites (tertiary alicyclic amines) is 1. The van der Waals surface area contributed by atoms with Crippen molar-refractivity contribution in [1.29, 1.82) is 0 Å². The maximum Gasteiger partial charge on any atom is 0.154 e. The number of anilines is 1. The minimum absolute atomic E-state index is 0.739. The lowest BCUT2D eigenvalue weighted by Gasteiger charge is -2.40. The summed E-state index contributed by atoms with van der Waals surface area (Å²) in [4.78, 5) is 9.89. The van der Waals surface area contributed by atoms with Crippen LogP contribution in [0.1, 0.15) is 32.1 Å². The molecule has 0 N–H and O–H groups in total. The Labute approximate surface area is 172 Å². The van der Waals surface area contributed by atoms with E-state index in [1.165, 1.54) is 45.2 Å². The molecular weight excluding hydrogens is 362 g/mol. The molecule has 6 heteroatoms. The molecule has 2 aromatic heterocycles. The summed E-state index contributed by atoms with van der Waals surface area (Å²) in [5.74, 6) is 1.89. The molecule has 2 aliphatic heterocycles. The molecule has 0 amide bonds. The molecule has 0 atom stereocenters. The lowest BCUT2D eigenvalue weighted by molar-refractivity contribution is 0.141. The molecule has 0 radical (unpaired) electrons. The maximum absolute atomic E-state index is 5.37. The van der Waals surface area contributed by atoms with Crippen LogP contribution in [-0.2, 0) is 0 Å². The van der Waals surface area contributed by atoms with Crippen LogP contribution in [-0.4, -0.2) is 58.8 Å². The van der Waals surface area contributed by atoms with E-state index in [9.17, 15) is 0 Å². The third-order valence-corrected chi connectivity index (χ3v) is 6.41. The standard InChI is InChI=1S/C23H29N5O/c1-29-20-7-5-6-18(16-20)21-17-22-23(24-10-15-28(22)25-21)27-13-8-19(9-14-27)26-11-3-2-4-12-26/h5-7,10,15-17,19H,2-4,8-9,11-14H2,1H3. The SMILES string of the molecule is COc1cccc(-c2cc3c(N4CCC(N5CCCCC5)CC4)nccn3n2)c1. The summed E-state index contributed by atoms with van der Waals surface area (Å²) in [6.45, 7) is 4.69. The number of rotatable bonds is 4. The molecule has 2 saturated heterocycles. The largest absolute Gasteiger partial charge is 0.497 e. The summed E-state index contributed by atoms with van der Waals surface area (Å²) in [5, 5.41) is 4.79. The van der Waals surface area contributed by atoms with Crippen molar-refractivity contribution in [2.45, 2.75) is 38.1 Å². The number of ether oxygens (including phenoxy) is 1. The number of benzene rings is 1. The number of aromatic nitrogens is 3. The van der Waals surface area contributed by atoms with Crippen molar-refractivity contribution in [3.05, 3.63) is 42.7 Å². The van der Waals surface area contributed by atoms with Crippen molar-refractivity contribution in [3.8, 4) is 17.0 Å². The van der Waals surface area contributed by atoms with Gasteiger partial charge >= 0.3 is 0 Å². The first-order chi connectivity index (χ1) is 14.3. The Kier molecular flexibility index (Phi) is 5.10. The number of fused-ring (bicyclic) bond motifs is 1. The predicted octanol–water partition coefficient (Wildman–Crippen LogP) is 3.86. The van der Waals surface area contributed by atoms with Gasteiger partial charge in [0, 0.05) is 37.1 Å². The van der Waals surface area contributed by atoms with Crippen LogP contribution in [0.2, 0.25) is 0 Å². The van der Waals surface area contributed by atoms with Gasteiger partial charge in [0.1, 0.15) is 11.3 Å². The molecular formula is C23H29N5O. The van der Waals surface area contributed by atoms with Gasteiger partial charge in [-0.3, -0.25) is 0 Å². The number of nitrogens with zero attached hydrogens (tertiary/aromatic N) is 5. The fraction of sp³-hybridized carbons (Fsp3) is 0.478. The van der Waals surface area contributed by atoms with Gasteiger partial charge in [-0.15, -0.1) is 0 Å². The van der Waals surface area contributed by atoms with Gasteiger partial charge in [0.15, 0.2) is 5.82 Å². The topological polar surface area (TPSA) is 45.9 Å². The molecule has 2 fully saturated rings. The molecule has 4 heterocycles. The number of hydrogen-bond acceptors (Lipinski definition) is 5. The van der Waals surface area contributed by atoms with E-state index < -0.39 is 0 Å². The highest BCUT2D eigenvalue weighted by molar-refractivity contribution is 5.75. The van der Waals surface area contributed by atoms with Crippen molar-refractivity contribution in [2.24, 2.45) is 0 Å². The average Bonchev–Trinajstić information content (AvgIpc) is 3.24. The van der Waals surface area contributed by atoms with E-state index in [-0.39, 0.29) is 0 Å². The zero-order valence-corrected chi connectivity index (χ0v) is 17.1. The van der Waals surface area contributed by atoms with Gasteiger partial charge in [-0.2, -0.15) is 5.10 Å². The van der Waals surface area contributed by atoms with Crippen molar-refractivity contribution < 1.29 is 4.74 Å². The normalized spacial score (nSPS) is 19.0. The van der Waals surface area contributed by atoms with Crippen molar-refractivity contribution in [3.63, 3.8) is 0 Å². The van der Waals surface area contributed by atoms with Crippen LogP contribution in [0.15, 0.2) is 42.7 Å². The molecule has 29 heavy (non-hydrogen) atoms. The van der Waals surface area contributed by atoms with E-state index in [1.54, 1.807) is 7.11 Å². The zero-order valence-electron chi connectivity index (χ0n) is 17.1. The van der Waals surface area contributed by atoms with Crippen LogP contribution < -0.4 is 9.64 Å². The highest BCUT2D eigenvalue weighted by atomic mass is 16.5. The summed E-state index contributed by atoms with van der Waals surface area (Å²) in [6.07, 6.45) is 10.4. The third-order valence-electron chi connectivity index (χ3n) is 6.41. The first kappa shape index (κ1) is 18.4. The van der Waals surface area contributed by atoms with Crippen LogP contribution in [0.25, 0.3) is 16.8 Å². The van der Waals surface area contributed by atoms with Gasteiger partial charge in [-0.05, 0) is 57.0 Å². The highest BCUT2D eigenvalue weighted by Gasteiger charge is 2.27. The Bertz CT molecular complexity index is 970. The molecule has 0 aliphatic carbocycles. The Balaban J connectivity index is 1.37. The minimum Gasteiger partial charge on any atom is -0.497 e.